The van der Waals surface area contributed by atoms with Gasteiger partial charge in [0.2, 0.25) is 0 Å². The zero-order valence-corrected chi connectivity index (χ0v) is 13.3. The second-order valence-electron chi connectivity index (χ2n) is 4.98. The van der Waals surface area contributed by atoms with E-state index in [1.165, 1.54) is 11.3 Å². The topological polar surface area (TPSA) is 92.5 Å². The van der Waals surface area contributed by atoms with E-state index >= 15 is 0 Å². The Bertz CT molecular complexity index is 473. The summed E-state index contributed by atoms with van der Waals surface area (Å²) in [5.74, 6) is 0.119. The molecule has 8 heteroatoms. The van der Waals surface area contributed by atoms with Crippen LogP contribution in [0.3, 0.4) is 0 Å². The highest BCUT2D eigenvalue weighted by atomic mass is 32.1. The van der Waals surface area contributed by atoms with Gasteiger partial charge in [0.15, 0.2) is 5.13 Å². The molecule has 21 heavy (non-hydrogen) atoms. The number of nitrogens with zero attached hydrogens (tertiary/aromatic N) is 2. The smallest absolute Gasteiger partial charge is 0.265 e. The van der Waals surface area contributed by atoms with Crippen molar-refractivity contribution in [3.63, 3.8) is 0 Å². The lowest BCUT2D eigenvalue weighted by Crippen LogP contribution is -2.43. The fourth-order valence-corrected chi connectivity index (χ4v) is 3.04. The summed E-state index contributed by atoms with van der Waals surface area (Å²) in [4.78, 5) is 19.2. The van der Waals surface area contributed by atoms with E-state index in [1.807, 2.05) is 13.8 Å². The fraction of sp³-hybridized carbons (Fsp3) is 0.692. The number of ether oxygens (including phenoxy) is 1. The summed E-state index contributed by atoms with van der Waals surface area (Å²) < 4.78 is 5.29. The molecule has 118 valence electrons. The molecule has 4 N–H and O–H groups in total. The summed E-state index contributed by atoms with van der Waals surface area (Å²) in [6.07, 6.45) is 0. The summed E-state index contributed by atoms with van der Waals surface area (Å²) in [5, 5.41) is 6.99. The molecule has 2 rings (SSSR count). The number of hydrogen-bond acceptors (Lipinski definition) is 7. The molecule has 2 heterocycles. The summed E-state index contributed by atoms with van der Waals surface area (Å²) >= 11 is 1.35. The highest BCUT2D eigenvalue weighted by molar-refractivity contribution is 7.18. The summed E-state index contributed by atoms with van der Waals surface area (Å²) in [5.41, 5.74) is 5.89. The predicted octanol–water partition coefficient (Wildman–Crippen LogP) is 0.290. The van der Waals surface area contributed by atoms with Gasteiger partial charge in [-0.1, -0.05) is 11.3 Å². The van der Waals surface area contributed by atoms with E-state index in [0.717, 1.165) is 31.3 Å². The minimum absolute atomic E-state index is 0.0541. The van der Waals surface area contributed by atoms with Crippen LogP contribution in [0.5, 0.6) is 0 Å². The number of piperazine rings is 1. The van der Waals surface area contributed by atoms with Crippen LogP contribution in [0.4, 0.5) is 10.9 Å². The van der Waals surface area contributed by atoms with Gasteiger partial charge in [0, 0.05) is 38.8 Å². The van der Waals surface area contributed by atoms with Gasteiger partial charge in [-0.05, 0) is 13.8 Å². The lowest BCUT2D eigenvalue weighted by Gasteiger charge is -2.26. The van der Waals surface area contributed by atoms with Crippen molar-refractivity contribution in [2.45, 2.75) is 19.9 Å². The second kappa shape index (κ2) is 7.58. The van der Waals surface area contributed by atoms with Crippen LogP contribution in [0.1, 0.15) is 23.5 Å². The third kappa shape index (κ3) is 4.29. The number of nitrogens with one attached hydrogen (secondary N) is 2. The molecule has 0 saturated carbocycles. The molecule has 1 fully saturated rings. The normalized spacial score (nSPS) is 16.8. The van der Waals surface area contributed by atoms with Crippen LogP contribution in [-0.4, -0.2) is 56.3 Å². The number of hydrogen-bond donors (Lipinski definition) is 3. The Morgan fingerprint density at radius 1 is 1.57 bits per heavy atom. The first-order chi connectivity index (χ1) is 10.1. The van der Waals surface area contributed by atoms with Crippen LogP contribution in [0.2, 0.25) is 0 Å². The van der Waals surface area contributed by atoms with Gasteiger partial charge in [0.25, 0.3) is 5.91 Å². The molecule has 0 aromatic carbocycles. The van der Waals surface area contributed by atoms with Crippen molar-refractivity contribution in [3.05, 3.63) is 4.88 Å². The first-order valence-electron chi connectivity index (χ1n) is 7.22. The van der Waals surface area contributed by atoms with Gasteiger partial charge >= 0.3 is 0 Å². The van der Waals surface area contributed by atoms with Crippen molar-refractivity contribution in [1.29, 1.82) is 0 Å². The maximum Gasteiger partial charge on any atom is 0.265 e. The molecule has 1 saturated heterocycles. The van der Waals surface area contributed by atoms with Crippen molar-refractivity contribution in [2.24, 2.45) is 0 Å². The van der Waals surface area contributed by atoms with Gasteiger partial charge in [-0.25, -0.2) is 4.98 Å². The second-order valence-corrected chi connectivity index (χ2v) is 5.96. The van der Waals surface area contributed by atoms with E-state index in [0.29, 0.717) is 23.9 Å². The van der Waals surface area contributed by atoms with E-state index in [-0.39, 0.29) is 11.9 Å². The minimum atomic E-state index is -0.182. The van der Waals surface area contributed by atoms with Crippen LogP contribution < -0.4 is 21.3 Å². The van der Waals surface area contributed by atoms with Gasteiger partial charge in [-0.15, -0.1) is 0 Å². The van der Waals surface area contributed by atoms with Crippen LogP contribution in [0.25, 0.3) is 0 Å². The maximum atomic E-state index is 12.2. The zero-order valence-electron chi connectivity index (χ0n) is 12.5. The molecular weight excluding hydrogens is 290 g/mol. The number of carbonyl (C=O) groups excluding carboxylic acids is 1. The first-order valence-corrected chi connectivity index (χ1v) is 8.04. The van der Waals surface area contributed by atoms with E-state index in [2.05, 4.69) is 20.5 Å². The molecule has 0 radical (unpaired) electrons. The molecule has 1 aromatic heterocycles. The number of nitrogens with two attached hydrogens (primary N) is 1. The third-order valence-electron chi connectivity index (χ3n) is 3.19. The quantitative estimate of drug-likeness (QED) is 0.699. The number of anilines is 2. The number of thiazole rings is 1. The summed E-state index contributed by atoms with van der Waals surface area (Å²) in [6.45, 7) is 8.57. The minimum Gasteiger partial charge on any atom is -0.382 e. The average Bonchev–Trinajstić information content (AvgIpc) is 2.88. The number of nitrogen functional groups attached to an aromatic ring is 1. The van der Waals surface area contributed by atoms with Crippen molar-refractivity contribution in [2.75, 3.05) is 50.0 Å². The highest BCUT2D eigenvalue weighted by Crippen LogP contribution is 2.28. The van der Waals surface area contributed by atoms with E-state index in [1.54, 1.807) is 0 Å². The molecule has 1 unspecified atom stereocenters. The molecule has 0 bridgehead atoms. The van der Waals surface area contributed by atoms with Crippen molar-refractivity contribution >= 4 is 28.2 Å². The lowest BCUT2D eigenvalue weighted by molar-refractivity contribution is 0.0876. The first kappa shape index (κ1) is 16.0. The molecule has 7 nitrogen and oxygen atoms in total. The largest absolute Gasteiger partial charge is 0.382 e. The Morgan fingerprint density at radius 2 is 2.29 bits per heavy atom. The van der Waals surface area contributed by atoms with Crippen LogP contribution >= 0.6 is 11.3 Å². The lowest BCUT2D eigenvalue weighted by atomic mass is 10.3. The number of rotatable bonds is 6. The average molecular weight is 313 g/mol. The fourth-order valence-electron chi connectivity index (χ4n) is 2.10. The van der Waals surface area contributed by atoms with Gasteiger partial charge in [-0.3, -0.25) is 4.79 Å². The van der Waals surface area contributed by atoms with Gasteiger partial charge < -0.3 is 26.0 Å². The molecule has 0 spiro atoms. The van der Waals surface area contributed by atoms with Crippen LogP contribution in [-0.2, 0) is 4.74 Å². The number of aromatic nitrogens is 1. The van der Waals surface area contributed by atoms with Crippen molar-refractivity contribution in [3.8, 4) is 0 Å². The molecule has 1 amide bonds. The highest BCUT2D eigenvalue weighted by Gasteiger charge is 2.21. The van der Waals surface area contributed by atoms with Gasteiger partial charge in [0.1, 0.15) is 10.7 Å². The maximum absolute atomic E-state index is 12.2. The summed E-state index contributed by atoms with van der Waals surface area (Å²) in [6, 6.07) is -0.0541. The van der Waals surface area contributed by atoms with E-state index in [4.69, 9.17) is 10.5 Å². The zero-order chi connectivity index (χ0) is 15.2. The third-order valence-corrected chi connectivity index (χ3v) is 4.32. The Balaban J connectivity index is 1.99. The number of amides is 1. The van der Waals surface area contributed by atoms with Crippen LogP contribution in [0.15, 0.2) is 0 Å². The van der Waals surface area contributed by atoms with E-state index < -0.39 is 0 Å². The number of carbonyl (C=O) groups is 1. The SMILES string of the molecule is CCOCC(C)NC(=O)c1sc(N2CCNCC2)nc1N. The van der Waals surface area contributed by atoms with Crippen molar-refractivity contribution < 1.29 is 9.53 Å². The van der Waals surface area contributed by atoms with Gasteiger partial charge in [-0.2, -0.15) is 0 Å². The molecule has 0 aliphatic carbocycles. The van der Waals surface area contributed by atoms with Gasteiger partial charge in [0.05, 0.1) is 6.61 Å². The molecule has 1 aromatic rings. The monoisotopic (exact) mass is 313 g/mol. The molecular formula is C13H23N5O2S. The standard InChI is InChI=1S/C13H23N5O2S/c1-3-20-8-9(2)16-12(19)10-11(14)17-13(21-10)18-6-4-15-5-7-18/h9,15H,3-8,14H2,1-2H3,(H,16,19). The predicted molar refractivity (Wildman–Crippen MR) is 85.0 cm³/mol. The molecule has 1 aliphatic heterocycles. The summed E-state index contributed by atoms with van der Waals surface area (Å²) in [7, 11) is 0. The Hall–Kier alpha value is -1.38. The Kier molecular flexibility index (Phi) is 5.77. The van der Waals surface area contributed by atoms with Crippen LogP contribution in [0, 0.1) is 0 Å². The van der Waals surface area contributed by atoms with E-state index in [9.17, 15) is 4.79 Å². The molecule has 1 atom stereocenters. The molecule has 1 aliphatic rings. The Labute approximate surface area is 128 Å². The Morgan fingerprint density at radius 3 is 2.95 bits per heavy atom. The van der Waals surface area contributed by atoms with Crippen molar-refractivity contribution in [1.82, 2.24) is 15.6 Å².